The number of rotatable bonds is 17. The van der Waals surface area contributed by atoms with Gasteiger partial charge in [-0.1, -0.05) is 97.8 Å². The molecule has 0 heterocycles. The van der Waals surface area contributed by atoms with Crippen LogP contribution < -0.4 is 0 Å². The Balaban J connectivity index is 3.16. The van der Waals surface area contributed by atoms with E-state index in [4.69, 9.17) is 4.74 Å². The maximum absolute atomic E-state index is 11.6. The van der Waals surface area contributed by atoms with Crippen molar-refractivity contribution in [1.82, 2.24) is 0 Å². The Morgan fingerprint density at radius 3 is 1.87 bits per heavy atom. The zero-order valence-electron chi connectivity index (χ0n) is 16.2. The topological polar surface area (TPSA) is 26.3 Å². The van der Waals surface area contributed by atoms with Gasteiger partial charge in [0, 0.05) is 6.42 Å². The highest BCUT2D eigenvalue weighted by molar-refractivity contribution is 5.69. The zero-order chi connectivity index (χ0) is 17.2. The van der Waals surface area contributed by atoms with Crippen LogP contribution in [0.2, 0.25) is 0 Å². The molecule has 0 aliphatic carbocycles. The first-order valence-electron chi connectivity index (χ1n) is 10.3. The van der Waals surface area contributed by atoms with E-state index in [0.29, 0.717) is 13.0 Å². The fourth-order valence-electron chi connectivity index (χ4n) is 2.85. The Morgan fingerprint density at radius 1 is 0.739 bits per heavy atom. The highest BCUT2D eigenvalue weighted by atomic mass is 16.5. The van der Waals surface area contributed by atoms with E-state index in [2.05, 4.69) is 20.8 Å². The number of unbranched alkanes of at least 4 members (excludes halogenated alkanes) is 11. The van der Waals surface area contributed by atoms with E-state index >= 15 is 0 Å². The molecule has 0 saturated heterocycles. The average molecular weight is 327 g/mol. The van der Waals surface area contributed by atoms with E-state index < -0.39 is 0 Å². The minimum Gasteiger partial charge on any atom is -0.466 e. The van der Waals surface area contributed by atoms with Gasteiger partial charge in [0.25, 0.3) is 0 Å². The second-order valence-electron chi connectivity index (χ2n) is 7.40. The molecule has 0 amide bonds. The first-order valence-corrected chi connectivity index (χ1v) is 10.3. The van der Waals surface area contributed by atoms with E-state index in [9.17, 15) is 4.79 Å². The van der Waals surface area contributed by atoms with Crippen molar-refractivity contribution in [2.24, 2.45) is 5.92 Å². The fraction of sp³-hybridized carbons (Fsp3) is 0.952. The van der Waals surface area contributed by atoms with Crippen molar-refractivity contribution in [3.05, 3.63) is 0 Å². The van der Waals surface area contributed by atoms with E-state index in [1.165, 1.54) is 77.0 Å². The molecule has 138 valence electrons. The summed E-state index contributed by atoms with van der Waals surface area (Å²) in [6.45, 7) is 7.44. The number of carbonyl (C=O) groups is 1. The summed E-state index contributed by atoms with van der Waals surface area (Å²) >= 11 is 0. The third-order valence-corrected chi connectivity index (χ3v) is 4.42. The van der Waals surface area contributed by atoms with Crippen LogP contribution in [0.25, 0.3) is 0 Å². The quantitative estimate of drug-likeness (QED) is 0.211. The lowest BCUT2D eigenvalue weighted by atomic mass is 10.0. The largest absolute Gasteiger partial charge is 0.466 e. The summed E-state index contributed by atoms with van der Waals surface area (Å²) in [5.74, 6) is 0.836. The van der Waals surface area contributed by atoms with Crippen molar-refractivity contribution in [3.63, 3.8) is 0 Å². The van der Waals surface area contributed by atoms with Crippen molar-refractivity contribution >= 4 is 5.97 Å². The van der Waals surface area contributed by atoms with Crippen LogP contribution in [-0.4, -0.2) is 12.6 Å². The van der Waals surface area contributed by atoms with Crippen LogP contribution in [0.5, 0.6) is 0 Å². The summed E-state index contributed by atoms with van der Waals surface area (Å²) in [5.41, 5.74) is 0. The van der Waals surface area contributed by atoms with Crippen LogP contribution in [0, 0.1) is 5.92 Å². The van der Waals surface area contributed by atoms with Crippen LogP contribution in [0.3, 0.4) is 0 Å². The van der Waals surface area contributed by atoms with Gasteiger partial charge in [0.2, 0.25) is 0 Å². The monoisotopic (exact) mass is 326 g/mol. The highest BCUT2D eigenvalue weighted by Gasteiger charge is 2.02. The number of hydrogen-bond donors (Lipinski definition) is 0. The molecular formula is C21H42O2. The smallest absolute Gasteiger partial charge is 0.305 e. The Labute approximate surface area is 145 Å². The van der Waals surface area contributed by atoms with Crippen molar-refractivity contribution in [1.29, 1.82) is 0 Å². The second-order valence-corrected chi connectivity index (χ2v) is 7.40. The van der Waals surface area contributed by atoms with Gasteiger partial charge in [-0.3, -0.25) is 4.79 Å². The lowest BCUT2D eigenvalue weighted by molar-refractivity contribution is -0.143. The van der Waals surface area contributed by atoms with E-state index in [1.807, 2.05) is 0 Å². The second kappa shape index (κ2) is 17.8. The van der Waals surface area contributed by atoms with Crippen molar-refractivity contribution in [3.8, 4) is 0 Å². The summed E-state index contributed by atoms with van der Waals surface area (Å²) in [6, 6.07) is 0. The van der Waals surface area contributed by atoms with E-state index in [0.717, 1.165) is 18.8 Å². The molecular weight excluding hydrogens is 284 g/mol. The zero-order valence-corrected chi connectivity index (χ0v) is 16.2. The molecule has 0 aliphatic heterocycles. The summed E-state index contributed by atoms with van der Waals surface area (Å²) in [6.07, 6.45) is 18.3. The van der Waals surface area contributed by atoms with Crippen LogP contribution in [0.1, 0.15) is 117 Å². The van der Waals surface area contributed by atoms with Crippen LogP contribution in [0.15, 0.2) is 0 Å². The average Bonchev–Trinajstić information content (AvgIpc) is 2.52. The predicted molar refractivity (Wildman–Crippen MR) is 101 cm³/mol. The van der Waals surface area contributed by atoms with Crippen LogP contribution >= 0.6 is 0 Å². The molecule has 0 aromatic carbocycles. The first-order chi connectivity index (χ1) is 11.2. The van der Waals surface area contributed by atoms with Gasteiger partial charge >= 0.3 is 5.97 Å². The lowest BCUT2D eigenvalue weighted by Gasteiger charge is -2.06. The molecule has 0 atom stereocenters. The molecule has 0 N–H and O–H groups in total. The Hall–Kier alpha value is -0.530. The van der Waals surface area contributed by atoms with Crippen molar-refractivity contribution < 1.29 is 9.53 Å². The Morgan fingerprint density at radius 2 is 1.26 bits per heavy atom. The molecule has 2 heteroatoms. The standard InChI is InChI=1S/C21H42O2/c1-4-5-6-7-8-9-12-15-18-21(22)23-19-16-13-10-11-14-17-20(2)3/h20H,4-19H2,1-3H3. The molecule has 0 unspecified atom stereocenters. The number of esters is 1. The molecule has 0 saturated carbocycles. The number of carbonyl (C=O) groups excluding carboxylic acids is 1. The number of ether oxygens (including phenoxy) is 1. The molecule has 23 heavy (non-hydrogen) atoms. The van der Waals surface area contributed by atoms with Crippen molar-refractivity contribution in [2.75, 3.05) is 6.61 Å². The summed E-state index contributed by atoms with van der Waals surface area (Å²) in [4.78, 5) is 11.6. The maximum atomic E-state index is 11.6. The summed E-state index contributed by atoms with van der Waals surface area (Å²) in [5, 5.41) is 0. The Kier molecular flexibility index (Phi) is 17.4. The van der Waals surface area contributed by atoms with Gasteiger partial charge in [-0.05, 0) is 18.8 Å². The summed E-state index contributed by atoms with van der Waals surface area (Å²) < 4.78 is 5.31. The molecule has 0 aromatic rings. The van der Waals surface area contributed by atoms with Gasteiger partial charge in [-0.15, -0.1) is 0 Å². The van der Waals surface area contributed by atoms with Gasteiger partial charge < -0.3 is 4.74 Å². The normalized spacial score (nSPS) is 11.1. The fourth-order valence-corrected chi connectivity index (χ4v) is 2.85. The third kappa shape index (κ3) is 19.4. The maximum Gasteiger partial charge on any atom is 0.305 e. The molecule has 0 fully saturated rings. The van der Waals surface area contributed by atoms with Gasteiger partial charge in [0.05, 0.1) is 6.61 Å². The van der Waals surface area contributed by atoms with Gasteiger partial charge in [0.1, 0.15) is 0 Å². The Bertz CT molecular complexity index is 248. The van der Waals surface area contributed by atoms with Crippen LogP contribution in [0.4, 0.5) is 0 Å². The van der Waals surface area contributed by atoms with Crippen LogP contribution in [-0.2, 0) is 9.53 Å². The lowest BCUT2D eigenvalue weighted by Crippen LogP contribution is -2.05. The third-order valence-electron chi connectivity index (χ3n) is 4.42. The molecule has 2 nitrogen and oxygen atoms in total. The van der Waals surface area contributed by atoms with Gasteiger partial charge in [-0.2, -0.15) is 0 Å². The predicted octanol–water partition coefficient (Wildman–Crippen LogP) is 7.06. The molecule has 0 radical (unpaired) electrons. The molecule has 0 rings (SSSR count). The van der Waals surface area contributed by atoms with Gasteiger partial charge in [0.15, 0.2) is 0 Å². The molecule has 0 spiro atoms. The number of hydrogen-bond acceptors (Lipinski definition) is 2. The summed E-state index contributed by atoms with van der Waals surface area (Å²) in [7, 11) is 0. The molecule has 0 bridgehead atoms. The van der Waals surface area contributed by atoms with E-state index in [1.54, 1.807) is 0 Å². The molecule has 0 aliphatic rings. The molecule has 0 aromatic heterocycles. The SMILES string of the molecule is CCCCCCCCCCC(=O)OCCCCCCCC(C)C. The first kappa shape index (κ1) is 22.5. The minimum absolute atomic E-state index is 0.00999. The van der Waals surface area contributed by atoms with Crippen molar-refractivity contribution in [2.45, 2.75) is 117 Å². The van der Waals surface area contributed by atoms with E-state index in [-0.39, 0.29) is 5.97 Å². The highest BCUT2D eigenvalue weighted by Crippen LogP contribution is 2.11. The van der Waals surface area contributed by atoms with Gasteiger partial charge in [-0.25, -0.2) is 0 Å². The minimum atomic E-state index is 0.00999.